The van der Waals surface area contributed by atoms with Crippen molar-refractivity contribution in [1.82, 2.24) is 0 Å². The van der Waals surface area contributed by atoms with Crippen LogP contribution in [-0.4, -0.2) is 29.0 Å². The van der Waals surface area contributed by atoms with Gasteiger partial charge in [-0.15, -0.1) is 0 Å². The van der Waals surface area contributed by atoms with Crippen LogP contribution >= 0.6 is 0 Å². The molecule has 0 aliphatic heterocycles. The summed E-state index contributed by atoms with van der Waals surface area (Å²) in [6, 6.07) is -0.474. The van der Waals surface area contributed by atoms with E-state index in [4.69, 9.17) is 10.8 Å². The van der Waals surface area contributed by atoms with Crippen molar-refractivity contribution in [3.8, 4) is 0 Å². The highest BCUT2D eigenvalue weighted by molar-refractivity contribution is 4.70. The van der Waals surface area contributed by atoms with Crippen LogP contribution < -0.4 is 5.73 Å². The third-order valence-corrected chi connectivity index (χ3v) is 9.06. The zero-order valence-corrected chi connectivity index (χ0v) is 27.7. The maximum Gasteiger partial charge on any atom is 0.0713 e. The van der Waals surface area contributed by atoms with Crippen LogP contribution in [0.15, 0.2) is 0 Å². The van der Waals surface area contributed by atoms with E-state index in [1.807, 2.05) is 0 Å². The maximum atomic E-state index is 9.74. The van der Waals surface area contributed by atoms with E-state index in [2.05, 4.69) is 6.92 Å². The molecular formula is C37H77NO2. The molecule has 242 valence electrons. The summed E-state index contributed by atoms with van der Waals surface area (Å²) >= 11 is 0. The van der Waals surface area contributed by atoms with Gasteiger partial charge in [-0.05, 0) is 6.42 Å². The fourth-order valence-corrected chi connectivity index (χ4v) is 6.07. The average Bonchev–Trinajstić information content (AvgIpc) is 2.97. The van der Waals surface area contributed by atoms with Crippen molar-refractivity contribution in [3.05, 3.63) is 0 Å². The molecule has 40 heavy (non-hydrogen) atoms. The first-order valence-electron chi connectivity index (χ1n) is 18.8. The first kappa shape index (κ1) is 39.9. The minimum Gasteiger partial charge on any atom is -0.395 e. The molecule has 4 N–H and O–H groups in total. The normalized spacial score (nSPS) is 13.2. The molecule has 0 bridgehead atoms. The fourth-order valence-electron chi connectivity index (χ4n) is 6.07. The van der Waals surface area contributed by atoms with Crippen LogP contribution in [0.3, 0.4) is 0 Å². The van der Waals surface area contributed by atoms with E-state index in [0.717, 1.165) is 12.8 Å². The quantitative estimate of drug-likeness (QED) is 0.0667. The lowest BCUT2D eigenvalue weighted by Gasteiger charge is -2.15. The summed E-state index contributed by atoms with van der Waals surface area (Å²) in [6.45, 7) is 2.18. The highest BCUT2D eigenvalue weighted by atomic mass is 16.3. The number of hydrogen-bond donors (Lipinski definition) is 3. The van der Waals surface area contributed by atoms with Gasteiger partial charge in [-0.1, -0.05) is 212 Å². The van der Waals surface area contributed by atoms with Crippen molar-refractivity contribution < 1.29 is 10.2 Å². The van der Waals surface area contributed by atoms with Gasteiger partial charge in [0.25, 0.3) is 0 Å². The van der Waals surface area contributed by atoms with E-state index in [-0.39, 0.29) is 6.61 Å². The molecule has 2 atom stereocenters. The summed E-state index contributed by atoms with van der Waals surface area (Å²) in [4.78, 5) is 0. The topological polar surface area (TPSA) is 66.5 Å². The van der Waals surface area contributed by atoms with Gasteiger partial charge < -0.3 is 15.9 Å². The van der Waals surface area contributed by atoms with Crippen LogP contribution in [0.25, 0.3) is 0 Å². The molecule has 0 radical (unpaired) electrons. The molecule has 3 heteroatoms. The Labute approximate surface area is 253 Å². The molecule has 0 rings (SSSR count). The van der Waals surface area contributed by atoms with Gasteiger partial charge in [0.1, 0.15) is 0 Å². The summed E-state index contributed by atoms with van der Waals surface area (Å²) in [5, 5.41) is 18.7. The zero-order valence-electron chi connectivity index (χ0n) is 27.7. The summed E-state index contributed by atoms with van der Waals surface area (Å²) in [7, 11) is 0. The third-order valence-electron chi connectivity index (χ3n) is 9.06. The Morgan fingerprint density at radius 1 is 0.375 bits per heavy atom. The largest absolute Gasteiger partial charge is 0.395 e. The van der Waals surface area contributed by atoms with Crippen LogP contribution in [-0.2, 0) is 0 Å². The van der Waals surface area contributed by atoms with E-state index >= 15 is 0 Å². The Kier molecular flexibility index (Phi) is 35.0. The van der Waals surface area contributed by atoms with Gasteiger partial charge in [0.15, 0.2) is 0 Å². The number of aliphatic hydroxyl groups is 2. The van der Waals surface area contributed by atoms with E-state index in [1.165, 1.54) is 199 Å². The SMILES string of the molecule is CCCCCCCCCCCCCCCCCCCCCCCCCCCCCCCCCC[C@@H](O)[C@@H](N)CO. The molecule has 0 aliphatic carbocycles. The van der Waals surface area contributed by atoms with Crippen LogP contribution in [0.2, 0.25) is 0 Å². The van der Waals surface area contributed by atoms with Gasteiger partial charge in [0.05, 0.1) is 18.8 Å². The smallest absolute Gasteiger partial charge is 0.0713 e. The number of unbranched alkanes of at least 4 members (excludes halogenated alkanes) is 31. The van der Waals surface area contributed by atoms with Crippen LogP contribution in [0, 0.1) is 0 Å². The Bertz CT molecular complexity index is 444. The molecule has 0 spiro atoms. The molecule has 0 saturated carbocycles. The Balaban J connectivity index is 3.07. The zero-order chi connectivity index (χ0) is 29.2. The standard InChI is InChI=1S/C37H77NO2/c1-2-3-4-5-6-7-8-9-10-11-12-13-14-15-16-17-18-19-20-21-22-23-24-25-26-27-28-29-30-31-32-33-34-37(40)36(38)35-39/h36-37,39-40H,2-35,38H2,1H3/t36-,37+/m0/s1. The van der Waals surface area contributed by atoms with Gasteiger partial charge in [0, 0.05) is 0 Å². The van der Waals surface area contributed by atoms with Crippen molar-refractivity contribution in [2.45, 2.75) is 231 Å². The molecule has 0 amide bonds. The highest BCUT2D eigenvalue weighted by Gasteiger charge is 2.12. The second-order valence-electron chi connectivity index (χ2n) is 13.2. The highest BCUT2D eigenvalue weighted by Crippen LogP contribution is 2.17. The number of hydrogen-bond acceptors (Lipinski definition) is 3. The number of nitrogens with two attached hydrogens (primary N) is 1. The van der Waals surface area contributed by atoms with E-state index in [1.54, 1.807) is 0 Å². The average molecular weight is 568 g/mol. The van der Waals surface area contributed by atoms with E-state index in [0.29, 0.717) is 0 Å². The van der Waals surface area contributed by atoms with Gasteiger partial charge >= 0.3 is 0 Å². The van der Waals surface area contributed by atoms with E-state index in [9.17, 15) is 5.11 Å². The van der Waals surface area contributed by atoms with Gasteiger partial charge in [-0.3, -0.25) is 0 Å². The maximum absolute atomic E-state index is 9.74. The molecule has 0 unspecified atom stereocenters. The predicted molar refractivity (Wildman–Crippen MR) is 179 cm³/mol. The van der Waals surface area contributed by atoms with Crippen molar-refractivity contribution in [2.24, 2.45) is 5.73 Å². The fraction of sp³-hybridized carbons (Fsp3) is 1.00. The van der Waals surface area contributed by atoms with E-state index < -0.39 is 12.1 Å². The van der Waals surface area contributed by atoms with Gasteiger partial charge in [0.2, 0.25) is 0 Å². The minimum absolute atomic E-state index is 0.124. The van der Waals surface area contributed by atoms with Crippen molar-refractivity contribution in [1.29, 1.82) is 0 Å². The second kappa shape index (κ2) is 35.1. The van der Waals surface area contributed by atoms with Crippen molar-refractivity contribution in [3.63, 3.8) is 0 Å². The lowest BCUT2D eigenvalue weighted by atomic mass is 10.0. The molecule has 0 fully saturated rings. The minimum atomic E-state index is -0.543. The second-order valence-corrected chi connectivity index (χ2v) is 13.2. The van der Waals surface area contributed by atoms with Gasteiger partial charge in [-0.25, -0.2) is 0 Å². The lowest BCUT2D eigenvalue weighted by molar-refractivity contribution is 0.0990. The predicted octanol–water partition coefficient (Wildman–Crippen LogP) is 11.6. The molecule has 0 aromatic carbocycles. The molecular weight excluding hydrogens is 490 g/mol. The summed E-state index contributed by atoms with van der Waals surface area (Å²) in [5.41, 5.74) is 5.63. The van der Waals surface area contributed by atoms with Gasteiger partial charge in [-0.2, -0.15) is 0 Å². The first-order valence-corrected chi connectivity index (χ1v) is 18.8. The Morgan fingerprint density at radius 2 is 0.575 bits per heavy atom. The first-order chi connectivity index (χ1) is 19.7. The van der Waals surface area contributed by atoms with Crippen LogP contribution in [0.4, 0.5) is 0 Å². The molecule has 3 nitrogen and oxygen atoms in total. The number of rotatable bonds is 35. The molecule has 0 saturated heterocycles. The molecule has 0 aromatic rings. The summed E-state index contributed by atoms with van der Waals surface area (Å²) in [6.07, 6.45) is 45.6. The summed E-state index contributed by atoms with van der Waals surface area (Å²) < 4.78 is 0. The van der Waals surface area contributed by atoms with Crippen molar-refractivity contribution >= 4 is 0 Å². The molecule has 0 heterocycles. The van der Waals surface area contributed by atoms with Crippen LogP contribution in [0.5, 0.6) is 0 Å². The van der Waals surface area contributed by atoms with Crippen molar-refractivity contribution in [2.75, 3.05) is 6.61 Å². The monoisotopic (exact) mass is 568 g/mol. The molecule has 0 aromatic heterocycles. The summed E-state index contributed by atoms with van der Waals surface area (Å²) in [5.74, 6) is 0. The molecule has 0 aliphatic rings. The Hall–Kier alpha value is -0.120. The third kappa shape index (κ3) is 32.4. The Morgan fingerprint density at radius 3 is 0.775 bits per heavy atom. The van der Waals surface area contributed by atoms with Crippen LogP contribution in [0.1, 0.15) is 219 Å². The number of aliphatic hydroxyl groups excluding tert-OH is 2. The lowest BCUT2D eigenvalue weighted by Crippen LogP contribution is -2.37.